The maximum absolute atomic E-state index is 12.5. The van der Waals surface area contributed by atoms with Crippen molar-refractivity contribution < 1.29 is 9.53 Å². The monoisotopic (exact) mass is 369 g/mol. The highest BCUT2D eigenvalue weighted by molar-refractivity contribution is 5.89. The van der Waals surface area contributed by atoms with E-state index in [2.05, 4.69) is 20.4 Å². The Morgan fingerprint density at radius 3 is 2.63 bits per heavy atom. The van der Waals surface area contributed by atoms with Crippen LogP contribution in [0.25, 0.3) is 11.5 Å². The van der Waals surface area contributed by atoms with Crippen LogP contribution in [0, 0.1) is 11.3 Å². The molecule has 0 spiro atoms. The third kappa shape index (κ3) is 4.09. The molecule has 0 aromatic carbocycles. The average molecular weight is 369 g/mol. The predicted octanol–water partition coefficient (Wildman–Crippen LogP) is 1.60. The first kappa shape index (κ1) is 19.6. The van der Waals surface area contributed by atoms with Crippen molar-refractivity contribution in [1.82, 2.24) is 29.8 Å². The lowest BCUT2D eigenvalue weighted by molar-refractivity contribution is 0.00691. The summed E-state index contributed by atoms with van der Waals surface area (Å²) in [4.78, 5) is 28.6. The van der Waals surface area contributed by atoms with Gasteiger partial charge in [0.2, 0.25) is 0 Å². The molecule has 3 aromatic heterocycles. The summed E-state index contributed by atoms with van der Waals surface area (Å²) in [6, 6.07) is 4.88. The van der Waals surface area contributed by atoms with Crippen LogP contribution in [0.3, 0.4) is 0 Å². The van der Waals surface area contributed by atoms with E-state index in [1.807, 2.05) is 6.07 Å². The summed E-state index contributed by atoms with van der Waals surface area (Å²) in [5.41, 5.74) is -0.495. The standard InChI is InChI=1S/C16H15N7O3.CH4/c1-16(2,3)26-15(25)10-4-5-13(18-7-10)23-14(24)12(8-19-23)22-9-11(6-17)20-21-22;/h4-5,7-9,19H,1-3H3;1H4. The van der Waals surface area contributed by atoms with Crippen LogP contribution in [0.15, 0.2) is 35.5 Å². The number of pyridine rings is 1. The molecule has 0 radical (unpaired) electrons. The molecule has 140 valence electrons. The van der Waals surface area contributed by atoms with Gasteiger partial charge in [-0.25, -0.2) is 14.5 Å². The number of H-pyrrole nitrogens is 1. The topological polar surface area (TPSA) is 131 Å². The van der Waals surface area contributed by atoms with Crippen molar-refractivity contribution in [3.05, 3.63) is 52.3 Å². The largest absolute Gasteiger partial charge is 0.456 e. The fourth-order valence-corrected chi connectivity index (χ4v) is 2.10. The molecule has 10 heteroatoms. The average Bonchev–Trinajstić information content (AvgIpc) is 3.19. The Morgan fingerprint density at radius 1 is 1.33 bits per heavy atom. The molecule has 3 heterocycles. The molecule has 0 aliphatic carbocycles. The number of carbonyl (C=O) groups excluding carboxylic acids is 1. The zero-order valence-corrected chi connectivity index (χ0v) is 14.3. The summed E-state index contributed by atoms with van der Waals surface area (Å²) in [7, 11) is 0. The lowest BCUT2D eigenvalue weighted by atomic mass is 10.2. The predicted molar refractivity (Wildman–Crippen MR) is 95.7 cm³/mol. The van der Waals surface area contributed by atoms with Crippen LogP contribution in [0.4, 0.5) is 0 Å². The smallest absolute Gasteiger partial charge is 0.340 e. The first-order valence-electron chi connectivity index (χ1n) is 7.61. The van der Waals surface area contributed by atoms with Gasteiger partial charge in [-0.2, -0.15) is 9.94 Å². The van der Waals surface area contributed by atoms with Gasteiger partial charge in [0.1, 0.15) is 11.7 Å². The summed E-state index contributed by atoms with van der Waals surface area (Å²) in [5, 5.41) is 18.9. The first-order chi connectivity index (χ1) is 12.3. The van der Waals surface area contributed by atoms with Crippen LogP contribution in [-0.2, 0) is 4.74 Å². The molecule has 0 bridgehead atoms. The third-order valence-corrected chi connectivity index (χ3v) is 3.22. The second-order valence-corrected chi connectivity index (χ2v) is 6.37. The van der Waals surface area contributed by atoms with Crippen molar-refractivity contribution in [2.75, 3.05) is 0 Å². The van der Waals surface area contributed by atoms with Crippen molar-refractivity contribution in [2.24, 2.45) is 0 Å². The Labute approximate surface area is 155 Å². The number of hydrogen-bond acceptors (Lipinski definition) is 7. The summed E-state index contributed by atoms with van der Waals surface area (Å²) in [6.07, 6.45) is 4.09. The molecule has 0 saturated carbocycles. The Balaban J connectivity index is 0.00000261. The van der Waals surface area contributed by atoms with Gasteiger partial charge >= 0.3 is 5.97 Å². The number of nitriles is 1. The number of aromatic amines is 1. The number of hydrogen-bond donors (Lipinski definition) is 1. The summed E-state index contributed by atoms with van der Waals surface area (Å²) in [6.45, 7) is 5.32. The van der Waals surface area contributed by atoms with Gasteiger partial charge in [-0.3, -0.25) is 9.89 Å². The van der Waals surface area contributed by atoms with Crippen LogP contribution < -0.4 is 5.56 Å². The molecule has 0 unspecified atom stereocenters. The number of aromatic nitrogens is 6. The van der Waals surface area contributed by atoms with E-state index in [9.17, 15) is 9.59 Å². The second-order valence-electron chi connectivity index (χ2n) is 6.37. The maximum Gasteiger partial charge on any atom is 0.340 e. The Morgan fingerprint density at radius 2 is 2.07 bits per heavy atom. The van der Waals surface area contributed by atoms with E-state index in [-0.39, 0.29) is 30.2 Å². The van der Waals surface area contributed by atoms with Crippen molar-refractivity contribution in [3.8, 4) is 17.6 Å². The van der Waals surface area contributed by atoms with Gasteiger partial charge in [0.15, 0.2) is 17.2 Å². The second kappa shape index (κ2) is 7.25. The Bertz CT molecular complexity index is 1050. The molecular formula is C17H19N7O3. The van der Waals surface area contributed by atoms with Gasteiger partial charge in [0.05, 0.1) is 18.0 Å². The van der Waals surface area contributed by atoms with Crippen LogP contribution >= 0.6 is 0 Å². The minimum Gasteiger partial charge on any atom is -0.456 e. The highest BCUT2D eigenvalue weighted by atomic mass is 16.6. The van der Waals surface area contributed by atoms with Crippen molar-refractivity contribution in [2.45, 2.75) is 33.8 Å². The van der Waals surface area contributed by atoms with Gasteiger partial charge in [0.25, 0.3) is 5.56 Å². The van der Waals surface area contributed by atoms with Gasteiger partial charge in [-0.1, -0.05) is 12.6 Å². The third-order valence-electron chi connectivity index (χ3n) is 3.22. The molecule has 3 rings (SSSR count). The molecule has 0 aliphatic heterocycles. The minimum atomic E-state index is -0.610. The molecule has 1 N–H and O–H groups in total. The van der Waals surface area contributed by atoms with Gasteiger partial charge in [-0.05, 0) is 32.9 Å². The molecule has 0 atom stereocenters. The molecule has 27 heavy (non-hydrogen) atoms. The van der Waals surface area contributed by atoms with Gasteiger partial charge in [-0.15, -0.1) is 5.10 Å². The van der Waals surface area contributed by atoms with Crippen molar-refractivity contribution in [3.63, 3.8) is 0 Å². The SMILES string of the molecule is C.CC(C)(C)OC(=O)c1ccc(-n2[nH]cc(-n3cc(C#N)nn3)c2=O)nc1. The molecule has 0 fully saturated rings. The van der Waals surface area contributed by atoms with E-state index in [1.54, 1.807) is 20.8 Å². The van der Waals surface area contributed by atoms with Crippen LogP contribution in [-0.4, -0.2) is 41.3 Å². The quantitative estimate of drug-likeness (QED) is 0.694. The molecular weight excluding hydrogens is 350 g/mol. The zero-order chi connectivity index (χ0) is 18.9. The molecule has 0 amide bonds. The number of ether oxygens (including phenoxy) is 1. The summed E-state index contributed by atoms with van der Waals surface area (Å²) < 4.78 is 7.65. The van der Waals surface area contributed by atoms with Crippen LogP contribution in [0.2, 0.25) is 0 Å². The number of nitrogens with one attached hydrogen (secondary N) is 1. The van der Waals surface area contributed by atoms with E-state index >= 15 is 0 Å². The lowest BCUT2D eigenvalue weighted by Gasteiger charge is -2.19. The number of carbonyl (C=O) groups is 1. The normalized spacial score (nSPS) is 10.7. The number of nitrogens with zero attached hydrogens (tertiary/aromatic N) is 6. The molecule has 3 aromatic rings. The van der Waals surface area contributed by atoms with Crippen LogP contribution in [0.5, 0.6) is 0 Å². The van der Waals surface area contributed by atoms with Crippen molar-refractivity contribution >= 4 is 5.97 Å². The molecule has 10 nitrogen and oxygen atoms in total. The van der Waals surface area contributed by atoms with E-state index < -0.39 is 17.1 Å². The van der Waals surface area contributed by atoms with E-state index in [1.165, 1.54) is 40.1 Å². The van der Waals surface area contributed by atoms with E-state index in [4.69, 9.17) is 10.00 Å². The molecule has 0 saturated heterocycles. The van der Waals surface area contributed by atoms with E-state index in [0.29, 0.717) is 0 Å². The first-order valence-corrected chi connectivity index (χ1v) is 7.61. The van der Waals surface area contributed by atoms with Gasteiger partial charge < -0.3 is 4.74 Å². The highest BCUT2D eigenvalue weighted by Crippen LogP contribution is 2.12. The zero-order valence-electron chi connectivity index (χ0n) is 14.3. The van der Waals surface area contributed by atoms with Crippen molar-refractivity contribution in [1.29, 1.82) is 5.26 Å². The molecule has 0 aliphatic rings. The summed E-state index contributed by atoms with van der Waals surface area (Å²) >= 11 is 0. The van der Waals surface area contributed by atoms with Crippen LogP contribution in [0.1, 0.15) is 44.2 Å². The van der Waals surface area contributed by atoms with E-state index in [0.717, 1.165) is 0 Å². The fourth-order valence-electron chi connectivity index (χ4n) is 2.10. The number of rotatable bonds is 3. The lowest BCUT2D eigenvalue weighted by Crippen LogP contribution is -2.24. The van der Waals surface area contributed by atoms with Gasteiger partial charge in [0, 0.05) is 6.20 Å². The minimum absolute atomic E-state index is 0. The number of esters is 1. The maximum atomic E-state index is 12.5. The fraction of sp³-hybridized carbons (Fsp3) is 0.294. The summed E-state index contributed by atoms with van der Waals surface area (Å²) in [5.74, 6) is -0.211. The Hall–Kier alpha value is -3.74. The Kier molecular flexibility index (Phi) is 5.26. The highest BCUT2D eigenvalue weighted by Gasteiger charge is 2.19.